The second kappa shape index (κ2) is 5.85. The van der Waals surface area contributed by atoms with Crippen molar-refractivity contribution in [2.75, 3.05) is 11.9 Å². The van der Waals surface area contributed by atoms with E-state index in [0.29, 0.717) is 17.4 Å². The smallest absolute Gasteiger partial charge is 0.171 e. The van der Waals surface area contributed by atoms with E-state index >= 15 is 0 Å². The minimum Gasteiger partial charge on any atom is -0.396 e. The second-order valence-electron chi connectivity index (χ2n) is 5.61. The normalized spacial score (nSPS) is 13.5. The van der Waals surface area contributed by atoms with Gasteiger partial charge in [0, 0.05) is 12.6 Å². The maximum atomic E-state index is 9.14. The zero-order valence-corrected chi connectivity index (χ0v) is 12.5. The van der Waals surface area contributed by atoms with E-state index in [1.807, 2.05) is 13.8 Å². The van der Waals surface area contributed by atoms with Gasteiger partial charge in [-0.15, -0.1) is 0 Å². The third-order valence-corrected chi connectivity index (χ3v) is 3.30. The molecule has 0 aliphatic carbocycles. The molecule has 0 saturated carbocycles. The number of rotatable bonds is 4. The molecular weight excluding hydrogens is 250 g/mol. The average molecular weight is 272 g/mol. The average Bonchev–Trinajstić information content (AvgIpc) is 2.23. The van der Waals surface area contributed by atoms with Crippen LogP contribution < -0.4 is 5.32 Å². The summed E-state index contributed by atoms with van der Waals surface area (Å²) in [6.07, 6.45) is 0.647. The van der Waals surface area contributed by atoms with Crippen molar-refractivity contribution < 1.29 is 5.11 Å². The van der Waals surface area contributed by atoms with Crippen molar-refractivity contribution in [2.45, 2.75) is 47.1 Å². The lowest BCUT2D eigenvalue weighted by atomic mass is 9.85. The van der Waals surface area contributed by atoms with Gasteiger partial charge in [-0.2, -0.15) is 0 Å². The van der Waals surface area contributed by atoms with Crippen molar-refractivity contribution in [3.05, 3.63) is 16.5 Å². The van der Waals surface area contributed by atoms with Crippen LogP contribution in [0.2, 0.25) is 5.15 Å². The van der Waals surface area contributed by atoms with E-state index < -0.39 is 0 Å². The molecule has 0 radical (unpaired) electrons. The van der Waals surface area contributed by atoms with Crippen LogP contribution >= 0.6 is 11.6 Å². The van der Waals surface area contributed by atoms with E-state index in [2.05, 4.69) is 36.1 Å². The molecule has 5 heteroatoms. The number of hydrogen-bond acceptors (Lipinski definition) is 4. The van der Waals surface area contributed by atoms with Crippen LogP contribution in [-0.2, 0) is 0 Å². The molecule has 0 saturated heterocycles. The first-order valence-electron chi connectivity index (χ1n) is 6.14. The Morgan fingerprint density at radius 2 is 1.78 bits per heavy atom. The minimum atomic E-state index is 0.00648. The summed E-state index contributed by atoms with van der Waals surface area (Å²) < 4.78 is 0. The van der Waals surface area contributed by atoms with E-state index in [4.69, 9.17) is 16.7 Å². The van der Waals surface area contributed by atoms with Crippen molar-refractivity contribution in [3.63, 3.8) is 0 Å². The molecule has 0 amide bonds. The molecule has 0 aliphatic rings. The molecule has 2 N–H and O–H groups in total. The van der Waals surface area contributed by atoms with Gasteiger partial charge in [0.15, 0.2) is 11.0 Å². The molecule has 1 atom stereocenters. The first kappa shape index (κ1) is 15.2. The molecule has 1 unspecified atom stereocenters. The summed E-state index contributed by atoms with van der Waals surface area (Å²) in [4.78, 5) is 8.67. The Hall–Kier alpha value is -0.870. The van der Waals surface area contributed by atoms with Crippen LogP contribution in [0.5, 0.6) is 0 Å². The van der Waals surface area contributed by atoms with Crippen molar-refractivity contribution in [2.24, 2.45) is 5.41 Å². The Morgan fingerprint density at radius 3 is 2.28 bits per heavy atom. The van der Waals surface area contributed by atoms with E-state index in [0.717, 1.165) is 11.4 Å². The fraction of sp³-hybridized carbons (Fsp3) is 0.692. The van der Waals surface area contributed by atoms with Gasteiger partial charge in [0.1, 0.15) is 0 Å². The Morgan fingerprint density at radius 1 is 1.22 bits per heavy atom. The topological polar surface area (TPSA) is 58.0 Å². The summed E-state index contributed by atoms with van der Waals surface area (Å²) in [7, 11) is 0. The van der Waals surface area contributed by atoms with Crippen LogP contribution in [0.15, 0.2) is 0 Å². The summed E-state index contributed by atoms with van der Waals surface area (Å²) in [5, 5.41) is 12.8. The first-order valence-corrected chi connectivity index (χ1v) is 6.51. The molecule has 0 bridgehead atoms. The number of aliphatic hydroxyl groups excluding tert-OH is 1. The number of anilines is 1. The molecule has 102 valence electrons. The summed E-state index contributed by atoms with van der Waals surface area (Å²) >= 11 is 6.10. The van der Waals surface area contributed by atoms with Gasteiger partial charge in [-0.3, -0.25) is 0 Å². The predicted molar refractivity (Wildman–Crippen MR) is 75.1 cm³/mol. The fourth-order valence-electron chi connectivity index (χ4n) is 1.68. The molecule has 0 aliphatic heterocycles. The van der Waals surface area contributed by atoms with Gasteiger partial charge in [-0.25, -0.2) is 9.97 Å². The molecule has 0 fully saturated rings. The Kier molecular flexibility index (Phi) is 4.93. The molecule has 18 heavy (non-hydrogen) atoms. The van der Waals surface area contributed by atoms with Gasteiger partial charge in [0.25, 0.3) is 0 Å². The van der Waals surface area contributed by atoms with Gasteiger partial charge in [-0.1, -0.05) is 32.4 Å². The fourth-order valence-corrected chi connectivity index (χ4v) is 1.91. The highest BCUT2D eigenvalue weighted by Crippen LogP contribution is 2.27. The monoisotopic (exact) mass is 271 g/mol. The summed E-state index contributed by atoms with van der Waals surface area (Å²) in [5.41, 5.74) is 1.70. The zero-order chi connectivity index (χ0) is 13.9. The van der Waals surface area contributed by atoms with Gasteiger partial charge >= 0.3 is 0 Å². The highest BCUT2D eigenvalue weighted by atomic mass is 35.5. The Bertz CT molecular complexity index is 415. The minimum absolute atomic E-state index is 0.00648. The Labute approximate surface area is 114 Å². The number of hydrogen-bond donors (Lipinski definition) is 2. The molecule has 1 aromatic rings. The van der Waals surface area contributed by atoms with Crippen LogP contribution in [0.3, 0.4) is 0 Å². The van der Waals surface area contributed by atoms with Gasteiger partial charge in [-0.05, 0) is 25.7 Å². The van der Waals surface area contributed by atoms with Gasteiger partial charge in [0.2, 0.25) is 0 Å². The zero-order valence-electron chi connectivity index (χ0n) is 11.7. The van der Waals surface area contributed by atoms with E-state index in [9.17, 15) is 0 Å². The van der Waals surface area contributed by atoms with Crippen LogP contribution in [0.1, 0.15) is 38.6 Å². The highest BCUT2D eigenvalue weighted by molar-refractivity contribution is 6.31. The lowest BCUT2D eigenvalue weighted by molar-refractivity contribution is 0.235. The van der Waals surface area contributed by atoms with E-state index in [1.54, 1.807) is 0 Å². The molecule has 0 spiro atoms. The van der Waals surface area contributed by atoms with Crippen molar-refractivity contribution >= 4 is 17.4 Å². The van der Waals surface area contributed by atoms with Gasteiger partial charge in [0.05, 0.1) is 11.4 Å². The van der Waals surface area contributed by atoms with Crippen LogP contribution in [0.4, 0.5) is 5.82 Å². The maximum absolute atomic E-state index is 9.14. The van der Waals surface area contributed by atoms with E-state index in [-0.39, 0.29) is 18.1 Å². The predicted octanol–water partition coefficient (Wildman–Crippen LogP) is 2.96. The number of aliphatic hydroxyl groups is 1. The summed E-state index contributed by atoms with van der Waals surface area (Å²) in [5.74, 6) is 0.591. The van der Waals surface area contributed by atoms with Crippen LogP contribution in [-0.4, -0.2) is 27.7 Å². The summed E-state index contributed by atoms with van der Waals surface area (Å²) in [6.45, 7) is 10.3. The number of nitrogens with one attached hydrogen (secondary N) is 1. The highest BCUT2D eigenvalue weighted by Gasteiger charge is 2.25. The molecule has 4 nitrogen and oxygen atoms in total. The SMILES string of the molecule is Cc1nc(Cl)c(NC(CCO)C(C)(C)C)nc1C. The first-order chi connectivity index (χ1) is 8.25. The van der Waals surface area contributed by atoms with Crippen molar-refractivity contribution in [3.8, 4) is 0 Å². The number of halogens is 1. The molecule has 0 aromatic carbocycles. The molecule has 1 heterocycles. The number of aromatic nitrogens is 2. The number of aryl methyl sites for hydroxylation is 2. The standard InChI is InChI=1S/C13H22ClN3O/c1-8-9(2)16-12(11(14)15-8)17-10(6-7-18)13(3,4)5/h10,18H,6-7H2,1-5H3,(H,16,17). The largest absolute Gasteiger partial charge is 0.396 e. The van der Waals surface area contributed by atoms with E-state index in [1.165, 1.54) is 0 Å². The molecular formula is C13H22ClN3O. The lowest BCUT2D eigenvalue weighted by Gasteiger charge is -2.31. The third kappa shape index (κ3) is 3.82. The van der Waals surface area contributed by atoms with Gasteiger partial charge < -0.3 is 10.4 Å². The maximum Gasteiger partial charge on any atom is 0.171 e. The second-order valence-corrected chi connectivity index (χ2v) is 5.97. The Balaban J connectivity index is 2.97. The quantitative estimate of drug-likeness (QED) is 0.884. The van der Waals surface area contributed by atoms with Crippen LogP contribution in [0.25, 0.3) is 0 Å². The van der Waals surface area contributed by atoms with Crippen LogP contribution in [0, 0.1) is 19.3 Å². The number of nitrogens with zero attached hydrogens (tertiary/aromatic N) is 2. The molecule has 1 aromatic heterocycles. The van der Waals surface area contributed by atoms with Crippen molar-refractivity contribution in [1.82, 2.24) is 9.97 Å². The molecule has 1 rings (SSSR count). The third-order valence-electron chi connectivity index (χ3n) is 3.04. The summed E-state index contributed by atoms with van der Waals surface area (Å²) in [6, 6.07) is 0.0939. The van der Waals surface area contributed by atoms with Crippen molar-refractivity contribution in [1.29, 1.82) is 0 Å². The lowest BCUT2D eigenvalue weighted by Crippen LogP contribution is -2.35.